The molecule has 0 aliphatic carbocycles. The molecule has 6 heteroatoms. The van der Waals surface area contributed by atoms with Crippen LogP contribution in [0.5, 0.6) is 0 Å². The minimum absolute atomic E-state index is 0.169. The van der Waals surface area contributed by atoms with Crippen LogP contribution < -0.4 is 5.32 Å². The van der Waals surface area contributed by atoms with E-state index in [9.17, 15) is 14.4 Å². The van der Waals surface area contributed by atoms with Crippen LogP contribution in [0, 0.1) is 5.41 Å². The Balaban J connectivity index is 2.55. The quantitative estimate of drug-likeness (QED) is 0.431. The molecule has 0 aromatic heterocycles. The van der Waals surface area contributed by atoms with Gasteiger partial charge >= 0.3 is 0 Å². The summed E-state index contributed by atoms with van der Waals surface area (Å²) in [6.45, 7) is 8.00. The first-order valence-corrected chi connectivity index (χ1v) is 7.20. The second kappa shape index (κ2) is 7.26. The number of unbranched alkanes of at least 4 members (excludes halogenated alkanes) is 1. The van der Waals surface area contributed by atoms with E-state index in [-0.39, 0.29) is 11.8 Å². The van der Waals surface area contributed by atoms with E-state index in [2.05, 4.69) is 12.2 Å². The second-order valence-corrected chi connectivity index (χ2v) is 5.67. The fraction of sp³-hybridized carbons (Fsp3) is 0.786. The number of rotatable bonds is 6. The van der Waals surface area contributed by atoms with Gasteiger partial charge in [0.2, 0.25) is 18.2 Å². The smallest absolute Gasteiger partial charge is 0.237 e. The molecule has 0 atom stereocenters. The number of piperazine rings is 1. The van der Waals surface area contributed by atoms with Crippen LogP contribution in [0.25, 0.3) is 0 Å². The van der Waals surface area contributed by atoms with E-state index in [1.165, 1.54) is 0 Å². The van der Waals surface area contributed by atoms with E-state index in [1.807, 2.05) is 0 Å². The SMILES string of the molecule is CCCCNC(=O)C(C)(C)C(=O)N1CCN(C=O)CC1. The van der Waals surface area contributed by atoms with Gasteiger partial charge in [-0.05, 0) is 20.3 Å². The minimum Gasteiger partial charge on any atom is -0.355 e. The maximum atomic E-state index is 12.4. The molecule has 1 heterocycles. The molecule has 1 fully saturated rings. The zero-order valence-corrected chi connectivity index (χ0v) is 12.6. The number of nitrogens with zero attached hydrogens (tertiary/aromatic N) is 2. The summed E-state index contributed by atoms with van der Waals surface area (Å²) in [5.74, 6) is -0.397. The molecule has 1 aliphatic heterocycles. The first-order chi connectivity index (χ1) is 9.43. The first-order valence-electron chi connectivity index (χ1n) is 7.20. The van der Waals surface area contributed by atoms with Gasteiger partial charge in [-0.3, -0.25) is 14.4 Å². The van der Waals surface area contributed by atoms with Crippen LogP contribution in [0.2, 0.25) is 0 Å². The standard InChI is InChI=1S/C14H25N3O3/c1-4-5-6-15-12(19)14(2,3)13(20)17-9-7-16(11-18)8-10-17/h11H,4-10H2,1-3H3,(H,15,19). The molecule has 1 saturated heterocycles. The highest BCUT2D eigenvalue weighted by Gasteiger charge is 2.39. The normalized spacial score (nSPS) is 15.9. The Bertz CT molecular complexity index is 361. The highest BCUT2D eigenvalue weighted by molar-refractivity contribution is 6.04. The molecule has 1 rings (SSSR count). The Morgan fingerprint density at radius 3 is 2.30 bits per heavy atom. The summed E-state index contributed by atoms with van der Waals surface area (Å²) in [7, 11) is 0. The molecule has 0 saturated carbocycles. The fourth-order valence-corrected chi connectivity index (χ4v) is 2.12. The van der Waals surface area contributed by atoms with Crippen LogP contribution in [-0.4, -0.2) is 60.7 Å². The summed E-state index contributed by atoms with van der Waals surface area (Å²) in [4.78, 5) is 38.5. The fourth-order valence-electron chi connectivity index (χ4n) is 2.12. The van der Waals surface area contributed by atoms with Crippen molar-refractivity contribution in [3.05, 3.63) is 0 Å². The van der Waals surface area contributed by atoms with Gasteiger partial charge in [-0.1, -0.05) is 13.3 Å². The van der Waals surface area contributed by atoms with E-state index < -0.39 is 5.41 Å². The number of hydrogen-bond donors (Lipinski definition) is 1. The van der Waals surface area contributed by atoms with E-state index >= 15 is 0 Å². The average molecular weight is 283 g/mol. The van der Waals surface area contributed by atoms with Crippen LogP contribution in [0.1, 0.15) is 33.6 Å². The Morgan fingerprint density at radius 2 is 1.80 bits per heavy atom. The summed E-state index contributed by atoms with van der Waals surface area (Å²) in [6.07, 6.45) is 2.71. The average Bonchev–Trinajstić information content (AvgIpc) is 2.46. The molecule has 1 N–H and O–H groups in total. The van der Waals surface area contributed by atoms with Gasteiger partial charge in [0, 0.05) is 32.7 Å². The molecule has 114 valence electrons. The van der Waals surface area contributed by atoms with Crippen molar-refractivity contribution in [2.45, 2.75) is 33.6 Å². The van der Waals surface area contributed by atoms with Gasteiger partial charge < -0.3 is 15.1 Å². The Kier molecular flexibility index (Phi) is 5.98. The molecule has 0 bridgehead atoms. The third kappa shape index (κ3) is 3.95. The molecule has 6 nitrogen and oxygen atoms in total. The zero-order chi connectivity index (χ0) is 15.2. The number of amides is 3. The number of hydrogen-bond acceptors (Lipinski definition) is 3. The van der Waals surface area contributed by atoms with Crippen LogP contribution in [0.3, 0.4) is 0 Å². The Morgan fingerprint density at radius 1 is 1.20 bits per heavy atom. The molecule has 3 amide bonds. The van der Waals surface area contributed by atoms with Crippen molar-refractivity contribution < 1.29 is 14.4 Å². The molecule has 0 aromatic rings. The minimum atomic E-state index is -1.06. The maximum Gasteiger partial charge on any atom is 0.237 e. The van der Waals surface area contributed by atoms with Crippen molar-refractivity contribution in [3.8, 4) is 0 Å². The second-order valence-electron chi connectivity index (χ2n) is 5.67. The predicted octanol–water partition coefficient (Wildman–Crippen LogP) is 0.230. The molecule has 20 heavy (non-hydrogen) atoms. The van der Waals surface area contributed by atoms with Crippen molar-refractivity contribution in [1.82, 2.24) is 15.1 Å². The van der Waals surface area contributed by atoms with Gasteiger partial charge in [0.25, 0.3) is 0 Å². The molecular weight excluding hydrogens is 258 g/mol. The van der Waals surface area contributed by atoms with E-state index in [0.29, 0.717) is 32.7 Å². The molecule has 1 aliphatic rings. The Hall–Kier alpha value is -1.59. The van der Waals surface area contributed by atoms with Gasteiger partial charge in [0.05, 0.1) is 0 Å². The van der Waals surface area contributed by atoms with Crippen LogP contribution in [0.15, 0.2) is 0 Å². The predicted molar refractivity (Wildman–Crippen MR) is 75.9 cm³/mol. The van der Waals surface area contributed by atoms with Crippen molar-refractivity contribution in [2.24, 2.45) is 5.41 Å². The van der Waals surface area contributed by atoms with Crippen molar-refractivity contribution in [2.75, 3.05) is 32.7 Å². The number of carbonyl (C=O) groups excluding carboxylic acids is 3. The van der Waals surface area contributed by atoms with Crippen LogP contribution in [-0.2, 0) is 14.4 Å². The topological polar surface area (TPSA) is 69.7 Å². The lowest BCUT2D eigenvalue weighted by atomic mass is 9.90. The highest BCUT2D eigenvalue weighted by atomic mass is 16.2. The van der Waals surface area contributed by atoms with Crippen LogP contribution >= 0.6 is 0 Å². The highest BCUT2D eigenvalue weighted by Crippen LogP contribution is 2.20. The number of carbonyl (C=O) groups is 3. The van der Waals surface area contributed by atoms with Gasteiger partial charge in [-0.25, -0.2) is 0 Å². The lowest BCUT2D eigenvalue weighted by Gasteiger charge is -2.36. The van der Waals surface area contributed by atoms with Crippen molar-refractivity contribution >= 4 is 18.2 Å². The zero-order valence-electron chi connectivity index (χ0n) is 12.6. The first kappa shape index (κ1) is 16.5. The summed E-state index contributed by atoms with van der Waals surface area (Å²) >= 11 is 0. The van der Waals surface area contributed by atoms with E-state index in [1.54, 1.807) is 23.6 Å². The van der Waals surface area contributed by atoms with Gasteiger partial charge in [0.1, 0.15) is 5.41 Å². The number of nitrogens with one attached hydrogen (secondary N) is 1. The van der Waals surface area contributed by atoms with E-state index in [0.717, 1.165) is 19.3 Å². The van der Waals surface area contributed by atoms with Gasteiger partial charge in [-0.15, -0.1) is 0 Å². The maximum absolute atomic E-state index is 12.4. The lowest BCUT2D eigenvalue weighted by molar-refractivity contribution is -0.150. The van der Waals surface area contributed by atoms with Gasteiger partial charge in [-0.2, -0.15) is 0 Å². The summed E-state index contributed by atoms with van der Waals surface area (Å²) < 4.78 is 0. The molecule has 0 radical (unpaired) electrons. The monoisotopic (exact) mass is 283 g/mol. The molecule has 0 aromatic carbocycles. The van der Waals surface area contributed by atoms with E-state index in [4.69, 9.17) is 0 Å². The Labute approximate surface area is 120 Å². The lowest BCUT2D eigenvalue weighted by Crippen LogP contribution is -2.55. The summed E-state index contributed by atoms with van der Waals surface area (Å²) in [5, 5.41) is 2.81. The molecular formula is C14H25N3O3. The van der Waals surface area contributed by atoms with Crippen molar-refractivity contribution in [1.29, 1.82) is 0 Å². The molecule has 0 spiro atoms. The van der Waals surface area contributed by atoms with Crippen molar-refractivity contribution in [3.63, 3.8) is 0 Å². The van der Waals surface area contributed by atoms with Crippen LogP contribution in [0.4, 0.5) is 0 Å². The van der Waals surface area contributed by atoms with Gasteiger partial charge in [0.15, 0.2) is 0 Å². The summed E-state index contributed by atoms with van der Waals surface area (Å²) in [6, 6.07) is 0. The largest absolute Gasteiger partial charge is 0.355 e. The third-order valence-electron chi connectivity index (χ3n) is 3.67. The third-order valence-corrected chi connectivity index (χ3v) is 3.67. The molecule has 0 unspecified atom stereocenters. The summed E-state index contributed by atoms with van der Waals surface area (Å²) in [5.41, 5.74) is -1.06.